The second kappa shape index (κ2) is 4.78. The van der Waals surface area contributed by atoms with Gasteiger partial charge >= 0.3 is 6.01 Å². The number of carbonyl (C=O) groups is 1. The minimum Gasteiger partial charge on any atom is -0.463 e. The van der Waals surface area contributed by atoms with Gasteiger partial charge in [0.05, 0.1) is 6.61 Å². The van der Waals surface area contributed by atoms with Gasteiger partial charge in [0.15, 0.2) is 0 Å². The molecule has 0 saturated carbocycles. The fourth-order valence-electron chi connectivity index (χ4n) is 1.55. The van der Waals surface area contributed by atoms with Gasteiger partial charge in [0, 0.05) is 5.92 Å². The zero-order chi connectivity index (χ0) is 11.4. The van der Waals surface area contributed by atoms with E-state index in [1.54, 1.807) is 0 Å². The second-order valence-electron chi connectivity index (χ2n) is 3.53. The van der Waals surface area contributed by atoms with E-state index >= 15 is 0 Å². The first-order chi connectivity index (χ1) is 7.79. The molecule has 0 fully saturated rings. The van der Waals surface area contributed by atoms with Crippen LogP contribution in [0.15, 0.2) is 12.2 Å². The van der Waals surface area contributed by atoms with Crippen molar-refractivity contribution in [2.45, 2.75) is 19.8 Å². The first kappa shape index (κ1) is 10.7. The molecule has 1 aromatic rings. The SMILES string of the molecule is CCOc1n[nH]c(NC(=O)C2CC=CC2)n1. The predicted molar refractivity (Wildman–Crippen MR) is 58.0 cm³/mol. The second-order valence-corrected chi connectivity index (χ2v) is 3.53. The lowest BCUT2D eigenvalue weighted by molar-refractivity contribution is -0.119. The van der Waals surface area contributed by atoms with Crippen LogP contribution in [0.25, 0.3) is 0 Å². The van der Waals surface area contributed by atoms with Crippen molar-refractivity contribution in [1.82, 2.24) is 15.2 Å². The molecule has 2 rings (SSSR count). The summed E-state index contributed by atoms with van der Waals surface area (Å²) in [6.07, 6.45) is 5.60. The molecule has 0 unspecified atom stereocenters. The summed E-state index contributed by atoms with van der Waals surface area (Å²) in [4.78, 5) is 15.7. The van der Waals surface area contributed by atoms with Gasteiger partial charge in [-0.2, -0.15) is 4.98 Å². The zero-order valence-electron chi connectivity index (χ0n) is 9.06. The molecule has 0 bridgehead atoms. The first-order valence-electron chi connectivity index (χ1n) is 5.30. The summed E-state index contributed by atoms with van der Waals surface area (Å²) in [6, 6.07) is 0.252. The highest BCUT2D eigenvalue weighted by atomic mass is 16.5. The van der Waals surface area contributed by atoms with Gasteiger partial charge in [0.25, 0.3) is 0 Å². The normalized spacial score (nSPS) is 15.3. The van der Waals surface area contributed by atoms with E-state index in [-0.39, 0.29) is 17.8 Å². The van der Waals surface area contributed by atoms with Gasteiger partial charge in [-0.05, 0) is 19.8 Å². The largest absolute Gasteiger partial charge is 0.463 e. The Morgan fingerprint density at radius 2 is 2.38 bits per heavy atom. The maximum Gasteiger partial charge on any atom is 0.337 e. The average molecular weight is 222 g/mol. The van der Waals surface area contributed by atoms with Crippen molar-refractivity contribution >= 4 is 11.9 Å². The van der Waals surface area contributed by atoms with Gasteiger partial charge in [-0.15, -0.1) is 5.10 Å². The monoisotopic (exact) mass is 222 g/mol. The van der Waals surface area contributed by atoms with Crippen LogP contribution in [0.3, 0.4) is 0 Å². The number of aromatic nitrogens is 3. The van der Waals surface area contributed by atoms with E-state index in [1.165, 1.54) is 0 Å². The third-order valence-electron chi connectivity index (χ3n) is 2.36. The molecule has 0 radical (unpaired) electrons. The average Bonchev–Trinajstić information content (AvgIpc) is 2.89. The molecule has 0 atom stereocenters. The van der Waals surface area contributed by atoms with E-state index in [0.717, 1.165) is 12.8 Å². The predicted octanol–water partition coefficient (Wildman–Crippen LogP) is 1.11. The molecule has 86 valence electrons. The number of allylic oxidation sites excluding steroid dienone is 2. The molecule has 0 saturated heterocycles. The van der Waals surface area contributed by atoms with Gasteiger partial charge in [-0.3, -0.25) is 10.1 Å². The van der Waals surface area contributed by atoms with Gasteiger partial charge < -0.3 is 4.74 Å². The Balaban J connectivity index is 1.90. The van der Waals surface area contributed by atoms with Gasteiger partial charge in [-0.25, -0.2) is 5.10 Å². The molecule has 1 heterocycles. The summed E-state index contributed by atoms with van der Waals surface area (Å²) < 4.78 is 5.08. The quantitative estimate of drug-likeness (QED) is 0.748. The maximum atomic E-state index is 11.7. The van der Waals surface area contributed by atoms with Crippen molar-refractivity contribution in [2.75, 3.05) is 11.9 Å². The Bertz CT molecular complexity index is 391. The van der Waals surface area contributed by atoms with Gasteiger partial charge in [0.2, 0.25) is 11.9 Å². The summed E-state index contributed by atoms with van der Waals surface area (Å²) in [5.74, 6) is 0.310. The number of nitrogens with zero attached hydrogens (tertiary/aromatic N) is 2. The number of nitrogens with one attached hydrogen (secondary N) is 2. The van der Waals surface area contributed by atoms with Crippen LogP contribution in [0.2, 0.25) is 0 Å². The number of amides is 1. The minimum absolute atomic E-state index is 0.0145. The summed E-state index contributed by atoms with van der Waals surface area (Å²) in [7, 11) is 0. The Morgan fingerprint density at radius 1 is 1.62 bits per heavy atom. The Kier molecular flexibility index (Phi) is 3.19. The number of anilines is 1. The summed E-state index contributed by atoms with van der Waals surface area (Å²) >= 11 is 0. The van der Waals surface area contributed by atoms with Crippen LogP contribution < -0.4 is 10.1 Å². The molecule has 0 aromatic carbocycles. The smallest absolute Gasteiger partial charge is 0.337 e. The lowest BCUT2D eigenvalue weighted by atomic mass is 10.1. The van der Waals surface area contributed by atoms with Crippen molar-refractivity contribution in [3.63, 3.8) is 0 Å². The molecule has 1 amide bonds. The van der Waals surface area contributed by atoms with E-state index in [9.17, 15) is 4.79 Å². The van der Waals surface area contributed by atoms with Crippen LogP contribution in [0.1, 0.15) is 19.8 Å². The van der Waals surface area contributed by atoms with Gasteiger partial charge in [-0.1, -0.05) is 12.2 Å². The minimum atomic E-state index is -0.0378. The van der Waals surface area contributed by atoms with Crippen LogP contribution in [0, 0.1) is 5.92 Å². The number of ether oxygens (including phenoxy) is 1. The number of hydrogen-bond donors (Lipinski definition) is 2. The van der Waals surface area contributed by atoms with E-state index < -0.39 is 0 Å². The number of rotatable bonds is 4. The third kappa shape index (κ3) is 2.39. The molecule has 1 aliphatic rings. The number of carbonyl (C=O) groups excluding carboxylic acids is 1. The van der Waals surface area contributed by atoms with Crippen molar-refractivity contribution in [1.29, 1.82) is 0 Å². The highest BCUT2D eigenvalue weighted by molar-refractivity contribution is 5.91. The van der Waals surface area contributed by atoms with E-state index in [2.05, 4.69) is 20.5 Å². The third-order valence-corrected chi connectivity index (χ3v) is 2.36. The Morgan fingerprint density at radius 3 is 3.06 bits per heavy atom. The highest BCUT2D eigenvalue weighted by Gasteiger charge is 2.20. The molecule has 0 aliphatic heterocycles. The molecule has 6 heteroatoms. The van der Waals surface area contributed by atoms with E-state index in [4.69, 9.17) is 4.74 Å². The Hall–Kier alpha value is -1.85. The van der Waals surface area contributed by atoms with Crippen molar-refractivity contribution < 1.29 is 9.53 Å². The van der Waals surface area contributed by atoms with Crippen molar-refractivity contribution in [3.05, 3.63) is 12.2 Å². The lowest BCUT2D eigenvalue weighted by Crippen LogP contribution is -2.21. The van der Waals surface area contributed by atoms with Crippen LogP contribution >= 0.6 is 0 Å². The summed E-state index contributed by atoms with van der Waals surface area (Å²) in [5.41, 5.74) is 0. The van der Waals surface area contributed by atoms with Crippen LogP contribution in [0.5, 0.6) is 6.01 Å². The topological polar surface area (TPSA) is 79.9 Å². The molecule has 16 heavy (non-hydrogen) atoms. The number of aromatic amines is 1. The van der Waals surface area contributed by atoms with Crippen molar-refractivity contribution in [3.8, 4) is 6.01 Å². The van der Waals surface area contributed by atoms with Gasteiger partial charge in [0.1, 0.15) is 0 Å². The number of H-pyrrole nitrogens is 1. The molecule has 1 aliphatic carbocycles. The van der Waals surface area contributed by atoms with Crippen LogP contribution in [-0.2, 0) is 4.79 Å². The molecular formula is C10H14N4O2. The van der Waals surface area contributed by atoms with Crippen LogP contribution in [-0.4, -0.2) is 27.7 Å². The van der Waals surface area contributed by atoms with Crippen LogP contribution in [0.4, 0.5) is 5.95 Å². The zero-order valence-corrected chi connectivity index (χ0v) is 9.06. The van der Waals surface area contributed by atoms with E-state index in [1.807, 2.05) is 19.1 Å². The summed E-state index contributed by atoms with van der Waals surface area (Å²) in [6.45, 7) is 2.34. The molecule has 2 N–H and O–H groups in total. The fourth-order valence-corrected chi connectivity index (χ4v) is 1.55. The van der Waals surface area contributed by atoms with E-state index in [0.29, 0.717) is 12.6 Å². The Labute approximate surface area is 93.1 Å². The molecule has 6 nitrogen and oxygen atoms in total. The first-order valence-corrected chi connectivity index (χ1v) is 5.30. The molecule has 0 spiro atoms. The molecule has 1 aromatic heterocycles. The molecular weight excluding hydrogens is 208 g/mol. The fraction of sp³-hybridized carbons (Fsp3) is 0.500. The van der Waals surface area contributed by atoms with Crippen molar-refractivity contribution in [2.24, 2.45) is 5.92 Å². The number of hydrogen-bond acceptors (Lipinski definition) is 4. The lowest BCUT2D eigenvalue weighted by Gasteiger charge is -2.06. The standard InChI is InChI=1S/C10H14N4O2/c1-2-16-10-12-9(13-14-10)11-8(15)7-5-3-4-6-7/h3-4,7H,2,5-6H2,1H3,(H2,11,12,13,14,15). The summed E-state index contributed by atoms with van der Waals surface area (Å²) in [5, 5.41) is 9.08. The maximum absolute atomic E-state index is 11.7. The highest BCUT2D eigenvalue weighted by Crippen LogP contribution is 2.19.